The number of hydrogen-bond donors (Lipinski definition) is 0. The fourth-order valence-electron chi connectivity index (χ4n) is 3.35. The van der Waals surface area contributed by atoms with Crippen LogP contribution in [0.15, 0.2) is 24.4 Å². The number of aromatic nitrogens is 1. The van der Waals surface area contributed by atoms with E-state index in [1.165, 1.54) is 19.3 Å². The number of nitrogens with zero attached hydrogens (tertiary/aromatic N) is 1. The molecule has 0 bridgehead atoms. The van der Waals surface area contributed by atoms with Gasteiger partial charge in [-0.2, -0.15) is 0 Å². The quantitative estimate of drug-likeness (QED) is 0.791. The summed E-state index contributed by atoms with van der Waals surface area (Å²) in [6.07, 6.45) is 7.65. The molecule has 0 N–H and O–H groups in total. The highest BCUT2D eigenvalue weighted by Gasteiger charge is 2.26. The van der Waals surface area contributed by atoms with Crippen LogP contribution in [0.4, 0.5) is 0 Å². The van der Waals surface area contributed by atoms with E-state index in [0.717, 1.165) is 35.1 Å². The molecule has 106 valence electrons. The molecular weight excluding hydrogens is 250 g/mol. The minimum Gasteiger partial charge on any atom is -0.496 e. The number of rotatable bonds is 3. The molecule has 1 heterocycles. The second-order valence-electron chi connectivity index (χ2n) is 5.71. The molecule has 20 heavy (non-hydrogen) atoms. The van der Waals surface area contributed by atoms with Crippen molar-refractivity contribution in [2.45, 2.75) is 32.1 Å². The third kappa shape index (κ3) is 2.11. The summed E-state index contributed by atoms with van der Waals surface area (Å²) >= 11 is 0. The molecule has 0 radical (unpaired) electrons. The fourth-order valence-corrected chi connectivity index (χ4v) is 3.35. The summed E-state index contributed by atoms with van der Waals surface area (Å²) in [6.45, 7) is 0. The summed E-state index contributed by atoms with van der Waals surface area (Å²) in [4.78, 5) is 12.8. The predicted molar refractivity (Wildman–Crippen MR) is 80.4 cm³/mol. The average molecular weight is 271 g/mol. The summed E-state index contributed by atoms with van der Waals surface area (Å²) in [5.74, 6) is 1.28. The molecule has 0 amide bonds. The molecule has 1 aliphatic carbocycles. The molecule has 3 rings (SSSR count). The summed E-state index contributed by atoms with van der Waals surface area (Å²) in [6, 6.07) is 5.94. The lowest BCUT2D eigenvalue weighted by molar-refractivity contribution is 0.0891. The molecule has 0 unspecified atom stereocenters. The van der Waals surface area contributed by atoms with Crippen molar-refractivity contribution in [3.63, 3.8) is 0 Å². The van der Waals surface area contributed by atoms with Gasteiger partial charge in [-0.25, -0.2) is 0 Å². The molecule has 0 aliphatic heterocycles. The lowest BCUT2D eigenvalue weighted by Gasteiger charge is -2.20. The van der Waals surface area contributed by atoms with Crippen LogP contribution in [0.5, 0.6) is 5.75 Å². The first kappa shape index (κ1) is 13.2. The van der Waals surface area contributed by atoms with Gasteiger partial charge in [0.2, 0.25) is 0 Å². The first-order valence-corrected chi connectivity index (χ1v) is 7.38. The van der Waals surface area contributed by atoms with Crippen molar-refractivity contribution >= 4 is 16.7 Å². The first-order valence-electron chi connectivity index (χ1n) is 7.38. The molecule has 0 saturated heterocycles. The molecular formula is C17H21NO2. The van der Waals surface area contributed by atoms with Gasteiger partial charge >= 0.3 is 0 Å². The monoisotopic (exact) mass is 271 g/mol. The average Bonchev–Trinajstić information content (AvgIpc) is 2.85. The van der Waals surface area contributed by atoms with Gasteiger partial charge in [-0.3, -0.25) is 4.79 Å². The maximum absolute atomic E-state index is 12.8. The van der Waals surface area contributed by atoms with Crippen LogP contribution in [0.25, 0.3) is 10.9 Å². The van der Waals surface area contributed by atoms with E-state index in [9.17, 15) is 4.79 Å². The standard InChI is InChI=1S/C17H21NO2/c1-18-11-13(17(19)12-7-4-3-5-8-12)16-14(18)9-6-10-15(16)20-2/h6,9-12H,3-5,7-8H2,1-2H3. The fraction of sp³-hybridized carbons (Fsp3) is 0.471. The molecule has 2 aromatic rings. The molecule has 1 aromatic heterocycles. The van der Waals surface area contributed by atoms with E-state index >= 15 is 0 Å². The number of fused-ring (bicyclic) bond motifs is 1. The number of hydrogen-bond acceptors (Lipinski definition) is 2. The van der Waals surface area contributed by atoms with Crippen LogP contribution in [-0.4, -0.2) is 17.5 Å². The number of methoxy groups -OCH3 is 1. The molecule has 3 nitrogen and oxygen atoms in total. The van der Waals surface area contributed by atoms with Crippen LogP contribution in [0.1, 0.15) is 42.5 Å². The Morgan fingerprint density at radius 1 is 1.25 bits per heavy atom. The van der Waals surface area contributed by atoms with E-state index in [4.69, 9.17) is 4.74 Å². The normalized spacial score (nSPS) is 16.5. The topological polar surface area (TPSA) is 31.2 Å². The highest BCUT2D eigenvalue weighted by Crippen LogP contribution is 2.34. The highest BCUT2D eigenvalue weighted by atomic mass is 16.5. The van der Waals surface area contributed by atoms with E-state index in [0.29, 0.717) is 5.78 Å². The SMILES string of the molecule is COc1cccc2c1c(C(=O)C1CCCCC1)cn2C. The maximum atomic E-state index is 12.8. The maximum Gasteiger partial charge on any atom is 0.168 e. The number of carbonyl (C=O) groups excluding carboxylic acids is 1. The Hall–Kier alpha value is -1.77. The molecule has 1 saturated carbocycles. The zero-order chi connectivity index (χ0) is 14.1. The van der Waals surface area contributed by atoms with Crippen molar-refractivity contribution in [3.05, 3.63) is 30.0 Å². The van der Waals surface area contributed by atoms with Crippen LogP contribution < -0.4 is 4.74 Å². The molecule has 0 atom stereocenters. The van der Waals surface area contributed by atoms with Crippen molar-refractivity contribution < 1.29 is 9.53 Å². The lowest BCUT2D eigenvalue weighted by atomic mass is 9.84. The first-order chi connectivity index (χ1) is 9.72. The van der Waals surface area contributed by atoms with Crippen LogP contribution in [0, 0.1) is 5.92 Å². The predicted octanol–water partition coefficient (Wildman–Crippen LogP) is 3.95. The molecule has 1 aromatic carbocycles. The Morgan fingerprint density at radius 3 is 2.70 bits per heavy atom. The Morgan fingerprint density at radius 2 is 2.00 bits per heavy atom. The van der Waals surface area contributed by atoms with Gasteiger partial charge in [0.05, 0.1) is 18.0 Å². The van der Waals surface area contributed by atoms with Crippen LogP contribution >= 0.6 is 0 Å². The third-order valence-electron chi connectivity index (χ3n) is 4.44. The van der Waals surface area contributed by atoms with Crippen LogP contribution in [-0.2, 0) is 7.05 Å². The third-order valence-corrected chi connectivity index (χ3v) is 4.44. The molecule has 1 fully saturated rings. The number of ketones is 1. The van der Waals surface area contributed by atoms with Gasteiger partial charge < -0.3 is 9.30 Å². The number of Topliss-reactive ketones (excluding diaryl/α,β-unsaturated/α-hetero) is 1. The van der Waals surface area contributed by atoms with E-state index in [-0.39, 0.29) is 5.92 Å². The Balaban J connectivity index is 2.08. The van der Waals surface area contributed by atoms with Gasteiger partial charge in [-0.05, 0) is 25.0 Å². The van der Waals surface area contributed by atoms with Gasteiger partial charge in [-0.1, -0.05) is 25.3 Å². The second-order valence-corrected chi connectivity index (χ2v) is 5.71. The van der Waals surface area contributed by atoms with E-state index in [2.05, 4.69) is 0 Å². The van der Waals surface area contributed by atoms with E-state index in [1.807, 2.05) is 36.0 Å². The summed E-state index contributed by atoms with van der Waals surface area (Å²) in [7, 11) is 3.65. The van der Waals surface area contributed by atoms with E-state index in [1.54, 1.807) is 7.11 Å². The number of aryl methyl sites for hydroxylation is 1. The zero-order valence-corrected chi connectivity index (χ0v) is 12.2. The zero-order valence-electron chi connectivity index (χ0n) is 12.2. The minimum absolute atomic E-state index is 0.194. The van der Waals surface area contributed by atoms with E-state index < -0.39 is 0 Å². The Labute approximate surface area is 119 Å². The molecule has 1 aliphatic rings. The van der Waals surface area contributed by atoms with Crippen molar-refractivity contribution in [1.29, 1.82) is 0 Å². The second kappa shape index (κ2) is 5.31. The number of ether oxygens (including phenoxy) is 1. The van der Waals surface area contributed by atoms with Crippen molar-refractivity contribution in [2.75, 3.05) is 7.11 Å². The van der Waals surface area contributed by atoms with Gasteiger partial charge in [0.1, 0.15) is 5.75 Å². The smallest absolute Gasteiger partial charge is 0.168 e. The summed E-state index contributed by atoms with van der Waals surface area (Å²) in [5.41, 5.74) is 1.88. The van der Waals surface area contributed by atoms with Gasteiger partial charge in [0.15, 0.2) is 5.78 Å². The Kier molecular flexibility index (Phi) is 3.51. The lowest BCUT2D eigenvalue weighted by Crippen LogP contribution is -2.17. The van der Waals surface area contributed by atoms with Gasteiger partial charge in [-0.15, -0.1) is 0 Å². The van der Waals surface area contributed by atoms with Crippen molar-refractivity contribution in [1.82, 2.24) is 4.57 Å². The largest absolute Gasteiger partial charge is 0.496 e. The summed E-state index contributed by atoms with van der Waals surface area (Å²) < 4.78 is 7.48. The van der Waals surface area contributed by atoms with Gasteiger partial charge in [0, 0.05) is 24.7 Å². The van der Waals surface area contributed by atoms with Crippen molar-refractivity contribution in [2.24, 2.45) is 13.0 Å². The van der Waals surface area contributed by atoms with Crippen molar-refractivity contribution in [3.8, 4) is 5.75 Å². The van der Waals surface area contributed by atoms with Crippen LogP contribution in [0.2, 0.25) is 0 Å². The molecule has 3 heteroatoms. The Bertz CT molecular complexity index is 636. The number of benzene rings is 1. The summed E-state index contributed by atoms with van der Waals surface area (Å²) in [5, 5.41) is 0.966. The highest BCUT2D eigenvalue weighted by molar-refractivity contribution is 6.11. The van der Waals surface area contributed by atoms with Crippen LogP contribution in [0.3, 0.4) is 0 Å². The number of carbonyl (C=O) groups is 1. The minimum atomic E-state index is 0.194. The van der Waals surface area contributed by atoms with Gasteiger partial charge in [0.25, 0.3) is 0 Å². The molecule has 0 spiro atoms.